The summed E-state index contributed by atoms with van der Waals surface area (Å²) in [5.74, 6) is 2.04. The van der Waals surface area contributed by atoms with Crippen LogP contribution < -0.4 is 14.2 Å². The third-order valence-electron chi connectivity index (χ3n) is 5.59. The van der Waals surface area contributed by atoms with Crippen LogP contribution >= 0.6 is 11.6 Å². The van der Waals surface area contributed by atoms with E-state index in [0.717, 1.165) is 28.7 Å². The molecule has 0 aliphatic carbocycles. The van der Waals surface area contributed by atoms with E-state index in [-0.39, 0.29) is 56.7 Å². The maximum atomic E-state index is 11.2. The zero-order valence-electron chi connectivity index (χ0n) is 23.3. The van der Waals surface area contributed by atoms with E-state index in [1.807, 2.05) is 48.5 Å². The van der Waals surface area contributed by atoms with Crippen LogP contribution in [0.1, 0.15) is 68.0 Å². The molecule has 0 saturated carbocycles. The second kappa shape index (κ2) is 21.1. The number of carbonyl (C=O) groups is 2. The second-order valence-electron chi connectivity index (χ2n) is 8.61. The molecule has 9 heteroatoms. The van der Waals surface area contributed by atoms with Crippen LogP contribution in [0.4, 0.5) is 0 Å². The van der Waals surface area contributed by atoms with Gasteiger partial charge in [0, 0.05) is 18.0 Å². The summed E-state index contributed by atoms with van der Waals surface area (Å²) in [5, 5.41) is 27.6. The van der Waals surface area contributed by atoms with Gasteiger partial charge in [-0.15, -0.1) is 11.6 Å². The van der Waals surface area contributed by atoms with Gasteiger partial charge in [0.2, 0.25) is 0 Å². The van der Waals surface area contributed by atoms with Crippen LogP contribution in [0.3, 0.4) is 0 Å². The van der Waals surface area contributed by atoms with Gasteiger partial charge in [-0.25, -0.2) is 0 Å². The highest BCUT2D eigenvalue weighted by Crippen LogP contribution is 2.25. The van der Waals surface area contributed by atoms with Gasteiger partial charge in [0.25, 0.3) is 0 Å². The smallest absolute Gasteiger partial charge is 0.163 e. The van der Waals surface area contributed by atoms with Gasteiger partial charge in [0.1, 0.15) is 41.1 Å². The maximum Gasteiger partial charge on any atom is 0.163 e. The first-order valence-corrected chi connectivity index (χ1v) is 12.9. The number of hydrogen-bond donors (Lipinski definition) is 3. The fourth-order valence-corrected chi connectivity index (χ4v) is 3.50. The Morgan fingerprint density at radius 1 is 0.614 bits per heavy atom. The molecule has 0 saturated heterocycles. The molecule has 0 radical (unpaired) electrons. The van der Waals surface area contributed by atoms with Gasteiger partial charge in [-0.2, -0.15) is 0 Å². The van der Waals surface area contributed by atoms with Crippen molar-refractivity contribution in [2.45, 2.75) is 48.6 Å². The summed E-state index contributed by atoms with van der Waals surface area (Å²) in [6, 6.07) is 23.8. The minimum Gasteiger partial charge on any atom is -0.508 e. The van der Waals surface area contributed by atoms with Crippen LogP contribution in [0.25, 0.3) is 0 Å². The molecule has 0 aliphatic heterocycles. The molecular formula is C35H45ClO8. The molecule has 44 heavy (non-hydrogen) atoms. The van der Waals surface area contributed by atoms with Crippen LogP contribution in [0, 0.1) is 0 Å². The molecule has 0 heterocycles. The molecule has 0 unspecified atom stereocenters. The number of Topliss-reactive ketones (excluding diaryl/α,β-unsaturated/α-hetero) is 2. The first-order chi connectivity index (χ1) is 19.6. The predicted octanol–water partition coefficient (Wildman–Crippen LogP) is 8.83. The number of aromatic hydroxyl groups is 3. The van der Waals surface area contributed by atoms with Gasteiger partial charge < -0.3 is 29.5 Å². The summed E-state index contributed by atoms with van der Waals surface area (Å²) >= 11 is 5.58. The highest BCUT2D eigenvalue weighted by molar-refractivity contribution is 6.17. The first-order valence-electron chi connectivity index (χ1n) is 12.4. The lowest BCUT2D eigenvalue weighted by atomic mass is 10.1. The molecule has 0 fully saturated rings. The Morgan fingerprint density at radius 3 is 1.41 bits per heavy atom. The summed E-state index contributed by atoms with van der Waals surface area (Å²) in [7, 11) is 3.26. The molecule has 0 aliphatic rings. The molecule has 4 aromatic rings. The predicted molar refractivity (Wildman–Crippen MR) is 178 cm³/mol. The molecule has 4 aromatic carbocycles. The van der Waals surface area contributed by atoms with Crippen LogP contribution in [0.2, 0.25) is 0 Å². The van der Waals surface area contributed by atoms with Crippen molar-refractivity contribution >= 4 is 23.2 Å². The number of rotatable bonds is 8. The standard InChI is InChI=1S/C16H16O4.C8H9ClO.C8H8O3.3CH4/c1-11(17)15-8-7-14(9-16(15)18)20-10-12-3-5-13(19-2)6-4-12;1-10-8-4-2-7(6-9)3-5-8;1-5(9)7-3-2-6(10)4-8(7)11;;;/h3-9,18H,10H2,1-2H3;2-5H,6H2,1H3;2-4,10-11H,1H3;3*1H4. The third-order valence-corrected chi connectivity index (χ3v) is 5.90. The van der Waals surface area contributed by atoms with E-state index in [4.69, 9.17) is 36.0 Å². The maximum absolute atomic E-state index is 11.2. The molecule has 0 atom stereocenters. The lowest BCUT2D eigenvalue weighted by Gasteiger charge is -2.08. The largest absolute Gasteiger partial charge is 0.508 e. The zero-order chi connectivity index (χ0) is 30.4. The van der Waals surface area contributed by atoms with Crippen molar-refractivity contribution in [2.75, 3.05) is 14.2 Å². The number of hydrogen-bond acceptors (Lipinski definition) is 8. The molecule has 240 valence electrons. The van der Waals surface area contributed by atoms with E-state index in [2.05, 4.69) is 0 Å². The lowest BCUT2D eigenvalue weighted by Crippen LogP contribution is -1.97. The molecule has 0 amide bonds. The van der Waals surface area contributed by atoms with Crippen molar-refractivity contribution in [1.29, 1.82) is 0 Å². The molecule has 8 nitrogen and oxygen atoms in total. The Morgan fingerprint density at radius 2 is 1.02 bits per heavy atom. The third kappa shape index (κ3) is 13.5. The monoisotopic (exact) mass is 628 g/mol. The number of ketones is 2. The number of carbonyl (C=O) groups excluding carboxylic acids is 2. The van der Waals surface area contributed by atoms with Crippen LogP contribution in [0.5, 0.6) is 34.5 Å². The summed E-state index contributed by atoms with van der Waals surface area (Å²) in [6.07, 6.45) is 0. The van der Waals surface area contributed by atoms with Gasteiger partial charge in [0.05, 0.1) is 25.3 Å². The number of ether oxygens (including phenoxy) is 3. The van der Waals surface area contributed by atoms with E-state index in [0.29, 0.717) is 23.8 Å². The molecule has 4 rings (SSSR count). The highest BCUT2D eigenvalue weighted by Gasteiger charge is 2.08. The van der Waals surface area contributed by atoms with Gasteiger partial charge in [0.15, 0.2) is 11.6 Å². The van der Waals surface area contributed by atoms with Gasteiger partial charge in [-0.1, -0.05) is 46.5 Å². The SMILES string of the molecule is C.C.C.CC(=O)c1ccc(O)cc1O.COc1ccc(CCl)cc1.COc1ccc(COc2ccc(C(C)=O)c(O)c2)cc1. The number of methoxy groups -OCH3 is 2. The number of benzene rings is 4. The average molecular weight is 629 g/mol. The van der Waals surface area contributed by atoms with Gasteiger partial charge in [-0.05, 0) is 73.5 Å². The van der Waals surface area contributed by atoms with E-state index in [9.17, 15) is 14.7 Å². The number of halogens is 1. The Hall–Kier alpha value is -4.69. The summed E-state index contributed by atoms with van der Waals surface area (Å²) < 4.78 is 15.6. The zero-order valence-corrected chi connectivity index (χ0v) is 24.0. The number of alkyl halides is 1. The quantitative estimate of drug-likeness (QED) is 0.131. The molecular weight excluding hydrogens is 584 g/mol. The number of phenolic OH excluding ortho intramolecular Hbond substituents is 3. The second-order valence-corrected chi connectivity index (χ2v) is 8.88. The van der Waals surface area contributed by atoms with Crippen molar-refractivity contribution in [3.8, 4) is 34.5 Å². The van der Waals surface area contributed by atoms with Crippen LogP contribution in [0.15, 0.2) is 84.9 Å². The van der Waals surface area contributed by atoms with E-state index in [1.54, 1.807) is 26.4 Å². The van der Waals surface area contributed by atoms with E-state index < -0.39 is 0 Å². The molecule has 0 spiro atoms. The van der Waals surface area contributed by atoms with Gasteiger partial charge in [-0.3, -0.25) is 9.59 Å². The Bertz CT molecular complexity index is 1400. The van der Waals surface area contributed by atoms with Crippen LogP contribution in [-0.4, -0.2) is 41.1 Å². The summed E-state index contributed by atoms with van der Waals surface area (Å²) in [6.45, 7) is 3.14. The van der Waals surface area contributed by atoms with Gasteiger partial charge >= 0.3 is 0 Å². The molecule has 3 N–H and O–H groups in total. The van der Waals surface area contributed by atoms with Crippen LogP contribution in [-0.2, 0) is 12.5 Å². The van der Waals surface area contributed by atoms with Crippen molar-refractivity contribution < 1.29 is 39.1 Å². The minimum atomic E-state index is -0.220. The Labute approximate surface area is 266 Å². The Kier molecular flexibility index (Phi) is 19.8. The summed E-state index contributed by atoms with van der Waals surface area (Å²) in [5.41, 5.74) is 2.62. The summed E-state index contributed by atoms with van der Waals surface area (Å²) in [4.78, 5) is 21.9. The van der Waals surface area contributed by atoms with Crippen molar-refractivity contribution in [2.24, 2.45) is 0 Å². The fraction of sp³-hybridized carbons (Fsp3) is 0.257. The highest BCUT2D eigenvalue weighted by atomic mass is 35.5. The fourth-order valence-electron chi connectivity index (χ4n) is 3.32. The normalized spacial score (nSPS) is 9.11. The average Bonchev–Trinajstić information content (AvgIpc) is 2.96. The lowest BCUT2D eigenvalue weighted by molar-refractivity contribution is 0.100. The van der Waals surface area contributed by atoms with Crippen molar-refractivity contribution in [3.63, 3.8) is 0 Å². The Balaban J connectivity index is 0. The molecule has 0 aromatic heterocycles. The molecule has 0 bridgehead atoms. The first kappa shape index (κ1) is 41.4. The van der Waals surface area contributed by atoms with E-state index in [1.165, 1.54) is 32.0 Å². The minimum absolute atomic E-state index is 0. The van der Waals surface area contributed by atoms with Crippen molar-refractivity contribution in [3.05, 3.63) is 107 Å². The van der Waals surface area contributed by atoms with Crippen molar-refractivity contribution in [1.82, 2.24) is 0 Å². The van der Waals surface area contributed by atoms with E-state index >= 15 is 0 Å². The number of phenols is 3. The topological polar surface area (TPSA) is 123 Å².